The zero-order chi connectivity index (χ0) is 14.8. The summed E-state index contributed by atoms with van der Waals surface area (Å²) < 4.78 is 24.4. The van der Waals surface area contributed by atoms with Crippen molar-refractivity contribution in [3.63, 3.8) is 0 Å². The summed E-state index contributed by atoms with van der Waals surface area (Å²) in [4.78, 5) is 5.91. The molecule has 0 N–H and O–H groups in total. The summed E-state index contributed by atoms with van der Waals surface area (Å²) >= 11 is 7.51. The maximum absolute atomic E-state index is 12.2. The second kappa shape index (κ2) is 6.20. The van der Waals surface area contributed by atoms with Gasteiger partial charge in [0.1, 0.15) is 16.3 Å². The molecule has 20 heavy (non-hydrogen) atoms. The molecule has 2 rings (SSSR count). The Balaban J connectivity index is 2.43. The lowest BCUT2D eigenvalue weighted by atomic mass is 10.3. The largest absolute Gasteiger partial charge is 0.338 e. The lowest BCUT2D eigenvalue weighted by Crippen LogP contribution is -2.48. The van der Waals surface area contributed by atoms with Crippen LogP contribution in [0.15, 0.2) is 12.1 Å². The lowest BCUT2D eigenvalue weighted by Gasteiger charge is -2.35. The lowest BCUT2D eigenvalue weighted by molar-refractivity contribution is 0.579. The number of nitrogens with zero attached hydrogens (tertiary/aromatic N) is 3. The van der Waals surface area contributed by atoms with Gasteiger partial charge in [0.05, 0.1) is 11.6 Å². The molecule has 1 aromatic heterocycles. The first-order chi connectivity index (χ1) is 9.47. The van der Waals surface area contributed by atoms with Gasteiger partial charge >= 0.3 is 0 Å². The fourth-order valence-electron chi connectivity index (χ4n) is 2.03. The van der Waals surface area contributed by atoms with Gasteiger partial charge in [0.15, 0.2) is 9.84 Å². The molecule has 1 aliphatic rings. The highest BCUT2D eigenvalue weighted by molar-refractivity contribution is 8.01. The first-order valence-corrected chi connectivity index (χ1v) is 9.36. The molecule has 0 bridgehead atoms. The van der Waals surface area contributed by atoms with Crippen LogP contribution in [0.5, 0.6) is 0 Å². The summed E-state index contributed by atoms with van der Waals surface area (Å²) in [7, 11) is -3.21. The Hall–Kier alpha value is -0.970. The number of thioether (sulfide) groups is 1. The van der Waals surface area contributed by atoms with Crippen LogP contribution < -0.4 is 4.90 Å². The number of hydrogen-bond acceptors (Lipinski definition) is 6. The second-order valence-corrected chi connectivity index (χ2v) is 8.31. The van der Waals surface area contributed by atoms with Gasteiger partial charge in [0, 0.05) is 23.8 Å². The first-order valence-electron chi connectivity index (χ1n) is 6.11. The molecule has 1 atom stereocenters. The van der Waals surface area contributed by atoms with Crippen molar-refractivity contribution in [3.8, 4) is 6.07 Å². The van der Waals surface area contributed by atoms with Crippen LogP contribution in [-0.4, -0.2) is 42.6 Å². The molecule has 0 saturated carbocycles. The van der Waals surface area contributed by atoms with E-state index in [0.29, 0.717) is 23.7 Å². The molecular weight excluding hydrogens is 318 g/mol. The Labute approximate surface area is 127 Å². The zero-order valence-electron chi connectivity index (χ0n) is 10.9. The van der Waals surface area contributed by atoms with Gasteiger partial charge in [-0.2, -0.15) is 17.0 Å². The topological polar surface area (TPSA) is 74.1 Å². The van der Waals surface area contributed by atoms with E-state index >= 15 is 0 Å². The van der Waals surface area contributed by atoms with E-state index in [2.05, 4.69) is 4.98 Å². The number of aromatic nitrogens is 1. The van der Waals surface area contributed by atoms with Gasteiger partial charge in [0.2, 0.25) is 0 Å². The van der Waals surface area contributed by atoms with Crippen LogP contribution in [0.2, 0.25) is 5.15 Å². The average Bonchev–Trinajstić information content (AvgIpc) is 2.46. The van der Waals surface area contributed by atoms with Crippen LogP contribution in [0, 0.1) is 11.3 Å². The van der Waals surface area contributed by atoms with Crippen molar-refractivity contribution in [3.05, 3.63) is 22.8 Å². The molecule has 1 unspecified atom stereocenters. The van der Waals surface area contributed by atoms with Crippen molar-refractivity contribution in [2.75, 3.05) is 28.7 Å². The molecule has 2 heterocycles. The van der Waals surface area contributed by atoms with Crippen LogP contribution >= 0.6 is 23.4 Å². The molecule has 1 aliphatic heterocycles. The van der Waals surface area contributed by atoms with E-state index in [1.807, 2.05) is 6.07 Å². The number of nitriles is 1. The van der Waals surface area contributed by atoms with Crippen molar-refractivity contribution in [2.24, 2.45) is 0 Å². The summed E-state index contributed by atoms with van der Waals surface area (Å²) in [5, 5.41) is 8.57. The fourth-order valence-corrected chi connectivity index (χ4v) is 5.21. The van der Waals surface area contributed by atoms with E-state index in [9.17, 15) is 8.42 Å². The Morgan fingerprint density at radius 3 is 3.00 bits per heavy atom. The quantitative estimate of drug-likeness (QED) is 0.788. The van der Waals surface area contributed by atoms with Crippen LogP contribution in [-0.2, 0) is 9.84 Å². The van der Waals surface area contributed by atoms with Gasteiger partial charge in [-0.15, -0.1) is 0 Å². The Kier molecular flexibility index (Phi) is 4.78. The maximum atomic E-state index is 12.2. The van der Waals surface area contributed by atoms with Crippen molar-refractivity contribution in [2.45, 2.75) is 12.3 Å². The molecule has 0 amide bonds. The van der Waals surface area contributed by atoms with Crippen molar-refractivity contribution in [1.29, 1.82) is 5.26 Å². The highest BCUT2D eigenvalue weighted by Crippen LogP contribution is 2.27. The molecule has 1 aromatic rings. The van der Waals surface area contributed by atoms with Crippen molar-refractivity contribution in [1.82, 2.24) is 4.98 Å². The highest BCUT2D eigenvalue weighted by atomic mass is 35.5. The molecule has 1 fully saturated rings. The van der Waals surface area contributed by atoms with E-state index in [1.165, 1.54) is 6.07 Å². The summed E-state index contributed by atoms with van der Waals surface area (Å²) in [6.07, 6.45) is 0. The normalized spacial score (nSPS) is 19.6. The zero-order valence-corrected chi connectivity index (χ0v) is 13.3. The summed E-state index contributed by atoms with van der Waals surface area (Å²) in [5.74, 6) is 1.87. The molecular formula is C12H14ClN3O2S2. The fraction of sp³-hybridized carbons (Fsp3) is 0.500. The number of pyridine rings is 1. The van der Waals surface area contributed by atoms with Crippen molar-refractivity contribution >= 4 is 39.0 Å². The van der Waals surface area contributed by atoms with E-state index in [-0.39, 0.29) is 10.9 Å². The molecule has 0 spiro atoms. The highest BCUT2D eigenvalue weighted by Gasteiger charge is 2.33. The van der Waals surface area contributed by atoms with E-state index < -0.39 is 15.2 Å². The van der Waals surface area contributed by atoms with Crippen LogP contribution in [0.1, 0.15) is 12.5 Å². The van der Waals surface area contributed by atoms with Gasteiger partial charge in [-0.05, 0) is 12.1 Å². The second-order valence-electron chi connectivity index (χ2n) is 4.32. The van der Waals surface area contributed by atoms with E-state index in [1.54, 1.807) is 29.7 Å². The predicted octanol–water partition coefficient (Wildman–Crippen LogP) is 1.92. The number of hydrogen-bond donors (Lipinski definition) is 0. The van der Waals surface area contributed by atoms with Gasteiger partial charge in [0.25, 0.3) is 0 Å². The first kappa shape index (κ1) is 15.4. The number of halogens is 1. The predicted molar refractivity (Wildman–Crippen MR) is 81.9 cm³/mol. The molecule has 8 heteroatoms. The third-order valence-corrected chi connectivity index (χ3v) is 6.59. The minimum absolute atomic E-state index is 0.0837. The van der Waals surface area contributed by atoms with Gasteiger partial charge < -0.3 is 4.90 Å². The smallest absolute Gasteiger partial charge is 0.171 e. The standard InChI is InChI=1S/C12H14ClN3O2S2/c1-2-20(17,18)12-8-19-4-3-16(12)11-6-9(7-14)5-10(13)15-11/h5-6,12H,2-4,8H2,1H3. The van der Waals surface area contributed by atoms with Crippen LogP contribution in [0.3, 0.4) is 0 Å². The van der Waals surface area contributed by atoms with Crippen molar-refractivity contribution < 1.29 is 8.42 Å². The Morgan fingerprint density at radius 1 is 1.60 bits per heavy atom. The third-order valence-electron chi connectivity index (χ3n) is 3.11. The van der Waals surface area contributed by atoms with Crippen LogP contribution in [0.25, 0.3) is 0 Å². The van der Waals surface area contributed by atoms with Crippen LogP contribution in [0.4, 0.5) is 5.82 Å². The van der Waals surface area contributed by atoms with E-state index in [4.69, 9.17) is 16.9 Å². The van der Waals surface area contributed by atoms with Gasteiger partial charge in [-0.3, -0.25) is 0 Å². The molecule has 0 radical (unpaired) electrons. The van der Waals surface area contributed by atoms with Gasteiger partial charge in [-0.1, -0.05) is 18.5 Å². The Bertz CT molecular complexity index is 643. The average molecular weight is 332 g/mol. The van der Waals surface area contributed by atoms with E-state index in [0.717, 1.165) is 5.75 Å². The SMILES string of the molecule is CCS(=O)(=O)C1CSCCN1c1cc(C#N)cc(Cl)n1. The minimum atomic E-state index is -3.21. The Morgan fingerprint density at radius 2 is 2.35 bits per heavy atom. The number of rotatable bonds is 3. The maximum Gasteiger partial charge on any atom is 0.171 e. The molecule has 108 valence electrons. The molecule has 0 aromatic carbocycles. The molecule has 1 saturated heterocycles. The number of sulfone groups is 1. The van der Waals surface area contributed by atoms with Gasteiger partial charge in [-0.25, -0.2) is 13.4 Å². The third kappa shape index (κ3) is 3.19. The minimum Gasteiger partial charge on any atom is -0.338 e. The summed E-state index contributed by atoms with van der Waals surface area (Å²) in [5.41, 5.74) is 0.380. The molecule has 5 nitrogen and oxygen atoms in total. The number of anilines is 1. The molecule has 0 aliphatic carbocycles. The summed E-state index contributed by atoms with van der Waals surface area (Å²) in [6, 6.07) is 5.06. The summed E-state index contributed by atoms with van der Waals surface area (Å²) in [6.45, 7) is 2.21. The monoisotopic (exact) mass is 331 g/mol.